The lowest BCUT2D eigenvalue weighted by Crippen LogP contribution is -2.42. The number of carbonyl (C=O) groups is 1. The Morgan fingerprint density at radius 3 is 2.79 bits per heavy atom. The predicted molar refractivity (Wildman–Crippen MR) is 93.1 cm³/mol. The monoisotopic (exact) mass is 421 g/mol. The third-order valence-electron chi connectivity index (χ3n) is 4.06. The van der Waals surface area contributed by atoms with Gasteiger partial charge in [0.15, 0.2) is 9.84 Å². The molecule has 0 aromatic heterocycles. The van der Waals surface area contributed by atoms with Crippen LogP contribution in [0.2, 0.25) is 0 Å². The molecule has 1 aliphatic rings. The van der Waals surface area contributed by atoms with Crippen LogP contribution < -0.4 is 0 Å². The number of nitrogens with zero attached hydrogens (tertiary/aromatic N) is 1. The van der Waals surface area contributed by atoms with E-state index in [1.165, 1.54) is 6.07 Å². The van der Waals surface area contributed by atoms with Crippen molar-refractivity contribution >= 4 is 31.7 Å². The van der Waals surface area contributed by atoms with Crippen LogP contribution >= 0.6 is 15.9 Å². The van der Waals surface area contributed by atoms with Gasteiger partial charge in [0, 0.05) is 26.3 Å². The first-order chi connectivity index (χ1) is 11.3. The number of rotatable bonds is 7. The van der Waals surface area contributed by atoms with Gasteiger partial charge in [-0.05, 0) is 46.5 Å². The molecule has 0 spiro atoms. The van der Waals surface area contributed by atoms with Crippen molar-refractivity contribution in [1.82, 2.24) is 4.90 Å². The van der Waals surface area contributed by atoms with Gasteiger partial charge in [0.05, 0.1) is 22.4 Å². The lowest BCUT2D eigenvalue weighted by atomic mass is 10.1. The highest BCUT2D eigenvalue weighted by Gasteiger charge is 2.34. The zero-order valence-corrected chi connectivity index (χ0v) is 15.9. The fourth-order valence-electron chi connectivity index (χ4n) is 2.84. The fraction of sp³-hybridized carbons (Fsp3) is 0.562. The minimum Gasteiger partial charge on any atom is -0.385 e. The molecule has 1 fully saturated rings. The largest absolute Gasteiger partial charge is 0.385 e. The van der Waals surface area contributed by atoms with Crippen LogP contribution in [0.3, 0.4) is 0 Å². The van der Waals surface area contributed by atoms with Gasteiger partial charge in [-0.25, -0.2) is 12.8 Å². The summed E-state index contributed by atoms with van der Waals surface area (Å²) in [6.45, 7) is 0.959. The van der Waals surface area contributed by atoms with Crippen molar-refractivity contribution in [3.05, 3.63) is 34.1 Å². The Hall–Kier alpha value is -0.990. The van der Waals surface area contributed by atoms with E-state index in [2.05, 4.69) is 15.9 Å². The molecule has 0 bridgehead atoms. The van der Waals surface area contributed by atoms with E-state index >= 15 is 0 Å². The SMILES string of the molecule is COCCCN(C(=O)Cc1ccc(F)c(Br)c1)[C@H]1CCS(=O)(=O)C1. The number of sulfone groups is 1. The summed E-state index contributed by atoms with van der Waals surface area (Å²) in [6.07, 6.45) is 1.22. The lowest BCUT2D eigenvalue weighted by molar-refractivity contribution is -0.132. The van der Waals surface area contributed by atoms with Gasteiger partial charge in [0.2, 0.25) is 5.91 Å². The van der Waals surface area contributed by atoms with Crippen molar-refractivity contribution in [3.63, 3.8) is 0 Å². The number of hydrogen-bond acceptors (Lipinski definition) is 4. The Morgan fingerprint density at radius 2 is 2.21 bits per heavy atom. The molecule has 24 heavy (non-hydrogen) atoms. The van der Waals surface area contributed by atoms with Gasteiger partial charge in [0.25, 0.3) is 0 Å². The number of methoxy groups -OCH3 is 1. The molecule has 1 atom stereocenters. The molecule has 0 N–H and O–H groups in total. The summed E-state index contributed by atoms with van der Waals surface area (Å²) in [6, 6.07) is 4.16. The first-order valence-corrected chi connectivity index (χ1v) is 10.4. The zero-order valence-electron chi connectivity index (χ0n) is 13.5. The van der Waals surface area contributed by atoms with Gasteiger partial charge in [-0.15, -0.1) is 0 Å². The van der Waals surface area contributed by atoms with Crippen molar-refractivity contribution < 1.29 is 22.3 Å². The van der Waals surface area contributed by atoms with E-state index in [-0.39, 0.29) is 35.7 Å². The zero-order chi connectivity index (χ0) is 17.7. The molecule has 0 radical (unpaired) electrons. The van der Waals surface area contributed by atoms with Gasteiger partial charge >= 0.3 is 0 Å². The summed E-state index contributed by atoms with van der Waals surface area (Å²) >= 11 is 3.11. The molecule has 8 heteroatoms. The molecular formula is C16H21BrFNO4S. The van der Waals surface area contributed by atoms with Gasteiger partial charge in [-0.3, -0.25) is 4.79 Å². The van der Waals surface area contributed by atoms with E-state index in [1.807, 2.05) is 0 Å². The second-order valence-corrected chi connectivity index (χ2v) is 9.00. The molecule has 1 aliphatic heterocycles. The van der Waals surface area contributed by atoms with Crippen LogP contribution in [0, 0.1) is 5.82 Å². The minimum absolute atomic E-state index is 0.0127. The highest BCUT2D eigenvalue weighted by molar-refractivity contribution is 9.10. The Kier molecular flexibility index (Phi) is 6.77. The van der Waals surface area contributed by atoms with Crippen LogP contribution in [-0.4, -0.2) is 57.0 Å². The van der Waals surface area contributed by atoms with Crippen molar-refractivity contribution in [1.29, 1.82) is 0 Å². The normalized spacial score (nSPS) is 19.4. The van der Waals surface area contributed by atoms with E-state index in [0.29, 0.717) is 36.0 Å². The van der Waals surface area contributed by atoms with Crippen LogP contribution in [0.15, 0.2) is 22.7 Å². The molecule has 1 aromatic carbocycles. The average Bonchev–Trinajstić information content (AvgIpc) is 2.87. The molecule has 0 saturated carbocycles. The van der Waals surface area contributed by atoms with Gasteiger partial charge < -0.3 is 9.64 Å². The van der Waals surface area contributed by atoms with Gasteiger partial charge in [-0.2, -0.15) is 0 Å². The summed E-state index contributed by atoms with van der Waals surface area (Å²) in [5.41, 5.74) is 0.686. The number of ether oxygens (including phenoxy) is 1. The standard InChI is InChI=1S/C16H21BrFNO4S/c1-23-7-2-6-19(13-5-8-24(21,22)11-13)16(20)10-12-3-4-15(18)14(17)9-12/h3-4,9,13H,2,5-8,10-11H2,1H3/t13-/m0/s1. The van der Waals surface area contributed by atoms with E-state index in [9.17, 15) is 17.6 Å². The first kappa shape index (κ1) is 19.3. The van der Waals surface area contributed by atoms with E-state index in [0.717, 1.165) is 0 Å². The van der Waals surface area contributed by atoms with Gasteiger partial charge in [-0.1, -0.05) is 6.07 Å². The number of carbonyl (C=O) groups excluding carboxylic acids is 1. The van der Waals surface area contributed by atoms with Crippen LogP contribution in [0.25, 0.3) is 0 Å². The molecule has 134 valence electrons. The third kappa shape index (κ3) is 5.26. The molecule has 1 saturated heterocycles. The summed E-state index contributed by atoms with van der Waals surface area (Å²) < 4.78 is 42.1. The average molecular weight is 422 g/mol. The van der Waals surface area contributed by atoms with Gasteiger partial charge in [0.1, 0.15) is 5.82 Å². The maximum atomic E-state index is 13.3. The topological polar surface area (TPSA) is 63.7 Å². The molecule has 1 heterocycles. The Balaban J connectivity index is 2.09. The van der Waals surface area contributed by atoms with Crippen LogP contribution in [0.4, 0.5) is 4.39 Å². The molecule has 1 amide bonds. The Bertz CT molecular complexity index is 695. The summed E-state index contributed by atoms with van der Waals surface area (Å²) in [7, 11) is -1.49. The smallest absolute Gasteiger partial charge is 0.227 e. The van der Waals surface area contributed by atoms with Crippen molar-refractivity contribution in [2.45, 2.75) is 25.3 Å². The summed E-state index contributed by atoms with van der Waals surface area (Å²) in [5, 5.41) is 0. The number of benzene rings is 1. The molecule has 1 aromatic rings. The maximum Gasteiger partial charge on any atom is 0.227 e. The molecule has 5 nitrogen and oxygen atoms in total. The second-order valence-electron chi connectivity index (χ2n) is 5.92. The van der Waals surface area contributed by atoms with Crippen LogP contribution in [0.5, 0.6) is 0 Å². The minimum atomic E-state index is -3.07. The van der Waals surface area contributed by atoms with E-state index < -0.39 is 9.84 Å². The van der Waals surface area contributed by atoms with Crippen LogP contribution in [0.1, 0.15) is 18.4 Å². The summed E-state index contributed by atoms with van der Waals surface area (Å²) in [5.74, 6) is -0.399. The molecule has 0 unspecified atom stereocenters. The number of amides is 1. The number of halogens is 2. The van der Waals surface area contributed by atoms with Crippen molar-refractivity contribution in [3.8, 4) is 0 Å². The quantitative estimate of drug-likeness (QED) is 0.632. The molecular weight excluding hydrogens is 401 g/mol. The van der Waals surface area contributed by atoms with Crippen molar-refractivity contribution in [2.75, 3.05) is 31.8 Å². The fourth-order valence-corrected chi connectivity index (χ4v) is 4.99. The Morgan fingerprint density at radius 1 is 1.46 bits per heavy atom. The van der Waals surface area contributed by atoms with Crippen molar-refractivity contribution in [2.24, 2.45) is 0 Å². The molecule has 2 rings (SSSR count). The predicted octanol–water partition coefficient (Wildman–Crippen LogP) is 2.18. The highest BCUT2D eigenvalue weighted by Crippen LogP contribution is 2.21. The lowest BCUT2D eigenvalue weighted by Gasteiger charge is -2.28. The Labute approximate surface area is 150 Å². The van der Waals surface area contributed by atoms with E-state index in [1.54, 1.807) is 24.1 Å². The highest BCUT2D eigenvalue weighted by atomic mass is 79.9. The molecule has 0 aliphatic carbocycles. The number of hydrogen-bond donors (Lipinski definition) is 0. The van der Waals surface area contributed by atoms with Crippen LogP contribution in [-0.2, 0) is 25.8 Å². The first-order valence-electron chi connectivity index (χ1n) is 7.75. The maximum absolute atomic E-state index is 13.3. The summed E-state index contributed by atoms with van der Waals surface area (Å²) in [4.78, 5) is 14.3. The third-order valence-corrected chi connectivity index (χ3v) is 6.41. The second kappa shape index (κ2) is 8.40. The van der Waals surface area contributed by atoms with E-state index in [4.69, 9.17) is 4.74 Å².